The number of carbonyl (C=O) groups is 1. The third-order valence-electron chi connectivity index (χ3n) is 4.97. The maximum atomic E-state index is 12.3. The molecule has 0 aliphatic heterocycles. The van der Waals surface area contributed by atoms with Crippen molar-refractivity contribution in [2.24, 2.45) is 0 Å². The van der Waals surface area contributed by atoms with E-state index in [4.69, 9.17) is 14.2 Å². The molecule has 0 radical (unpaired) electrons. The predicted octanol–water partition coefficient (Wildman–Crippen LogP) is 8.43. The van der Waals surface area contributed by atoms with Crippen molar-refractivity contribution in [2.75, 3.05) is 14.2 Å². The van der Waals surface area contributed by atoms with Crippen LogP contribution in [0.2, 0.25) is 0 Å². The number of benzene rings is 1. The largest absolute Gasteiger partial charge is 0.503 e. The van der Waals surface area contributed by atoms with E-state index < -0.39 is 5.97 Å². The summed E-state index contributed by atoms with van der Waals surface area (Å²) in [5.41, 5.74) is 5.09. The molecule has 1 aromatic carbocycles. The van der Waals surface area contributed by atoms with Crippen LogP contribution in [0.25, 0.3) is 0 Å². The standard InChI is InChI=1S/C26H25NO4.3C2H6/c1-18-15-20(23(16-19(18)2)24(17-29-3)26(28)30-4)13-14-21-9-8-12-25(27-21)31-22-10-6-5-7-11-22;3*1-2/h5-12,17H,15-16H2,1-4H3;3*1-2H3/b24-17-;;;. The molecule has 0 atom stereocenters. The minimum Gasteiger partial charge on any atom is -0.503 e. The fourth-order valence-electron chi connectivity index (χ4n) is 3.18. The molecular formula is C32H43NO4. The zero-order valence-electron chi connectivity index (χ0n) is 24.2. The Bertz CT molecular complexity index is 1120. The highest BCUT2D eigenvalue weighted by Gasteiger charge is 2.23. The minimum atomic E-state index is -0.445. The summed E-state index contributed by atoms with van der Waals surface area (Å²) in [5, 5.41) is 0. The molecule has 1 heterocycles. The van der Waals surface area contributed by atoms with Gasteiger partial charge in [-0.3, -0.25) is 0 Å². The zero-order valence-corrected chi connectivity index (χ0v) is 24.2. The maximum absolute atomic E-state index is 12.3. The van der Waals surface area contributed by atoms with Crippen LogP contribution in [0, 0.1) is 11.8 Å². The van der Waals surface area contributed by atoms with Crippen LogP contribution in [0.3, 0.4) is 0 Å². The Morgan fingerprint density at radius 1 is 0.838 bits per heavy atom. The second-order valence-corrected chi connectivity index (χ2v) is 7.16. The van der Waals surface area contributed by atoms with E-state index in [0.717, 1.165) is 11.1 Å². The second-order valence-electron chi connectivity index (χ2n) is 7.16. The molecular weight excluding hydrogens is 462 g/mol. The van der Waals surface area contributed by atoms with Gasteiger partial charge in [0, 0.05) is 18.1 Å². The Kier molecular flexibility index (Phi) is 17.4. The third-order valence-corrected chi connectivity index (χ3v) is 4.97. The van der Waals surface area contributed by atoms with E-state index in [1.54, 1.807) is 6.07 Å². The normalized spacial score (nSPS) is 12.2. The van der Waals surface area contributed by atoms with Crippen LogP contribution in [0.1, 0.15) is 73.9 Å². The number of esters is 1. The minimum absolute atomic E-state index is 0.385. The number of nitrogens with zero attached hydrogens (tertiary/aromatic N) is 1. The molecule has 0 fully saturated rings. The van der Waals surface area contributed by atoms with Gasteiger partial charge >= 0.3 is 5.97 Å². The van der Waals surface area contributed by atoms with Crippen LogP contribution in [0.4, 0.5) is 0 Å². The van der Waals surface area contributed by atoms with Crippen LogP contribution >= 0.6 is 0 Å². The van der Waals surface area contributed by atoms with Crippen molar-refractivity contribution < 1.29 is 19.0 Å². The number of methoxy groups -OCH3 is 2. The molecule has 5 nitrogen and oxygen atoms in total. The molecule has 37 heavy (non-hydrogen) atoms. The first-order valence-electron chi connectivity index (χ1n) is 12.9. The van der Waals surface area contributed by atoms with E-state index in [9.17, 15) is 4.79 Å². The Labute approximate surface area is 224 Å². The number of allylic oxidation sites excluding steroid dienone is 3. The van der Waals surface area contributed by atoms with E-state index in [1.165, 1.54) is 31.6 Å². The lowest BCUT2D eigenvalue weighted by atomic mass is 9.84. The third kappa shape index (κ3) is 10.8. The summed E-state index contributed by atoms with van der Waals surface area (Å²) in [6, 6.07) is 14.9. The van der Waals surface area contributed by atoms with Gasteiger partial charge in [-0.1, -0.05) is 82.9 Å². The van der Waals surface area contributed by atoms with Crippen molar-refractivity contribution in [1.29, 1.82) is 0 Å². The van der Waals surface area contributed by atoms with Gasteiger partial charge in [-0.15, -0.1) is 0 Å². The van der Waals surface area contributed by atoms with E-state index in [1.807, 2.05) is 84.0 Å². The lowest BCUT2D eigenvalue weighted by Crippen LogP contribution is -2.13. The first-order chi connectivity index (χ1) is 18.0. The van der Waals surface area contributed by atoms with Crippen molar-refractivity contribution in [3.05, 3.63) is 88.4 Å². The van der Waals surface area contributed by atoms with Crippen molar-refractivity contribution in [3.63, 3.8) is 0 Å². The molecule has 0 bridgehead atoms. The summed E-state index contributed by atoms with van der Waals surface area (Å²) in [6.07, 6.45) is 2.69. The van der Waals surface area contributed by atoms with Crippen LogP contribution in [0.5, 0.6) is 11.6 Å². The van der Waals surface area contributed by atoms with E-state index in [2.05, 4.69) is 30.7 Å². The molecule has 0 saturated heterocycles. The van der Waals surface area contributed by atoms with Gasteiger partial charge in [0.25, 0.3) is 0 Å². The Morgan fingerprint density at radius 2 is 1.46 bits per heavy atom. The van der Waals surface area contributed by atoms with E-state index in [0.29, 0.717) is 35.7 Å². The maximum Gasteiger partial charge on any atom is 0.341 e. The molecule has 0 amide bonds. The highest BCUT2D eigenvalue weighted by Crippen LogP contribution is 2.34. The summed E-state index contributed by atoms with van der Waals surface area (Å²) in [5.74, 6) is 7.07. The summed E-state index contributed by atoms with van der Waals surface area (Å²) in [7, 11) is 2.87. The molecule has 1 aliphatic rings. The van der Waals surface area contributed by atoms with Crippen molar-refractivity contribution in [3.8, 4) is 23.5 Å². The molecule has 0 unspecified atom stereocenters. The molecule has 2 aromatic rings. The topological polar surface area (TPSA) is 57.7 Å². The van der Waals surface area contributed by atoms with Gasteiger partial charge < -0.3 is 14.2 Å². The Morgan fingerprint density at radius 3 is 2.05 bits per heavy atom. The molecule has 1 aromatic heterocycles. The number of pyridine rings is 1. The summed E-state index contributed by atoms with van der Waals surface area (Å²) >= 11 is 0. The lowest BCUT2D eigenvalue weighted by Gasteiger charge is -2.21. The number of carbonyl (C=O) groups excluding carboxylic acids is 1. The molecule has 3 rings (SSSR count). The smallest absolute Gasteiger partial charge is 0.341 e. The SMILES string of the molecule is CC.CC.CC.CO/C=C(\C(=O)OC)C1=C(C#Cc2cccc(Oc3ccccc3)n2)CC(C)=C(C)C1. The zero-order chi connectivity index (χ0) is 28.2. The van der Waals surface area contributed by atoms with Crippen molar-refractivity contribution >= 4 is 5.97 Å². The van der Waals surface area contributed by atoms with E-state index >= 15 is 0 Å². The van der Waals surface area contributed by atoms with Crippen molar-refractivity contribution in [2.45, 2.75) is 68.2 Å². The number of hydrogen-bond donors (Lipinski definition) is 0. The second kappa shape index (κ2) is 19.4. The van der Waals surface area contributed by atoms with Gasteiger partial charge in [0.1, 0.15) is 11.4 Å². The predicted molar refractivity (Wildman–Crippen MR) is 153 cm³/mol. The molecule has 1 aliphatic carbocycles. The molecule has 0 saturated carbocycles. The van der Waals surface area contributed by atoms with Crippen LogP contribution in [-0.2, 0) is 14.3 Å². The number of ether oxygens (including phenoxy) is 3. The van der Waals surface area contributed by atoms with Gasteiger partial charge in [0.2, 0.25) is 5.88 Å². The quantitative estimate of drug-likeness (QED) is 0.134. The summed E-state index contributed by atoms with van der Waals surface area (Å²) in [4.78, 5) is 16.8. The molecule has 0 N–H and O–H groups in total. The fraction of sp³-hybridized carbons (Fsp3) is 0.375. The monoisotopic (exact) mass is 505 g/mol. The number of hydrogen-bond acceptors (Lipinski definition) is 5. The van der Waals surface area contributed by atoms with Gasteiger partial charge in [-0.05, 0) is 50.0 Å². The number of rotatable bonds is 5. The number of para-hydroxylation sites is 1. The highest BCUT2D eigenvalue weighted by atomic mass is 16.5. The van der Waals surface area contributed by atoms with Gasteiger partial charge in [0.05, 0.1) is 26.1 Å². The highest BCUT2D eigenvalue weighted by molar-refractivity contribution is 5.94. The first-order valence-corrected chi connectivity index (χ1v) is 12.9. The lowest BCUT2D eigenvalue weighted by molar-refractivity contribution is -0.136. The molecule has 200 valence electrons. The average molecular weight is 506 g/mol. The van der Waals surface area contributed by atoms with Crippen molar-refractivity contribution in [1.82, 2.24) is 4.98 Å². The van der Waals surface area contributed by atoms with Gasteiger partial charge in [-0.2, -0.15) is 0 Å². The van der Waals surface area contributed by atoms with Gasteiger partial charge in [0.15, 0.2) is 0 Å². The fourth-order valence-corrected chi connectivity index (χ4v) is 3.18. The molecule has 0 spiro atoms. The summed E-state index contributed by atoms with van der Waals surface area (Å²) in [6.45, 7) is 16.1. The van der Waals surface area contributed by atoms with Gasteiger partial charge in [-0.25, -0.2) is 9.78 Å². The van der Waals surface area contributed by atoms with Crippen LogP contribution in [0.15, 0.2) is 82.7 Å². The Balaban J connectivity index is 0.00000201. The summed E-state index contributed by atoms with van der Waals surface area (Å²) < 4.78 is 15.9. The van der Waals surface area contributed by atoms with Crippen LogP contribution < -0.4 is 4.74 Å². The Hall–Kier alpha value is -3.78. The number of aromatic nitrogens is 1. The molecule has 5 heteroatoms. The first kappa shape index (κ1) is 33.2. The average Bonchev–Trinajstić information content (AvgIpc) is 2.96. The van der Waals surface area contributed by atoms with Crippen LogP contribution in [-0.4, -0.2) is 25.2 Å². The van der Waals surface area contributed by atoms with E-state index in [-0.39, 0.29) is 0 Å².